The fourth-order valence-corrected chi connectivity index (χ4v) is 6.76. The van der Waals surface area contributed by atoms with Crippen LogP contribution >= 0.6 is 23.2 Å². The van der Waals surface area contributed by atoms with E-state index in [-0.39, 0.29) is 26.4 Å². The fourth-order valence-electron chi connectivity index (χ4n) is 6.50. The molecule has 4 N–H and O–H groups in total. The summed E-state index contributed by atoms with van der Waals surface area (Å²) in [5.41, 5.74) is 9.29. The molecule has 0 atom stereocenters. The van der Waals surface area contributed by atoms with Crippen LogP contribution in [0.5, 0.6) is 0 Å². The third-order valence-corrected chi connectivity index (χ3v) is 8.97. The Kier molecular flexibility index (Phi) is 9.75. The monoisotopic (exact) mass is 652 g/mol. The second-order valence-electron chi connectivity index (χ2n) is 11.0. The predicted molar refractivity (Wildman–Crippen MR) is 184 cm³/mol. The first kappa shape index (κ1) is 31.8. The third kappa shape index (κ3) is 5.92. The van der Waals surface area contributed by atoms with Crippen molar-refractivity contribution in [1.29, 1.82) is 0 Å². The molecule has 0 spiro atoms. The zero-order chi connectivity index (χ0) is 32.2. The van der Waals surface area contributed by atoms with Gasteiger partial charge in [-0.2, -0.15) is 0 Å². The maximum Gasteiger partial charge on any atom is 0.0706 e. The Labute approximate surface area is 278 Å². The summed E-state index contributed by atoms with van der Waals surface area (Å²) in [7, 11) is 0. The SMILES string of the molecule is OCc1c(CO)c(-c2ccc(Cl)cc2)n(CCn2c(-c3ccccc3)c(CO)c(CO)c2-c2ccc(Cl)cc2)c1-c1ccccc1. The van der Waals surface area contributed by atoms with Crippen molar-refractivity contribution >= 4 is 23.2 Å². The molecule has 0 aliphatic heterocycles. The Morgan fingerprint density at radius 3 is 0.891 bits per heavy atom. The van der Waals surface area contributed by atoms with Crippen molar-refractivity contribution < 1.29 is 20.4 Å². The van der Waals surface area contributed by atoms with Crippen molar-refractivity contribution in [3.63, 3.8) is 0 Å². The molecule has 4 aromatic carbocycles. The summed E-state index contributed by atoms with van der Waals surface area (Å²) in [6, 6.07) is 34.6. The van der Waals surface area contributed by atoms with Crippen molar-refractivity contribution in [2.24, 2.45) is 0 Å². The number of rotatable bonds is 11. The van der Waals surface area contributed by atoms with Crippen LogP contribution in [-0.4, -0.2) is 29.6 Å². The van der Waals surface area contributed by atoms with Gasteiger partial charge in [0.15, 0.2) is 0 Å². The van der Waals surface area contributed by atoms with Crippen LogP contribution in [0.1, 0.15) is 22.3 Å². The number of hydrogen-bond donors (Lipinski definition) is 4. The number of aromatic nitrogens is 2. The van der Waals surface area contributed by atoms with E-state index in [4.69, 9.17) is 23.2 Å². The van der Waals surface area contributed by atoms with Gasteiger partial charge in [-0.15, -0.1) is 0 Å². The van der Waals surface area contributed by atoms with E-state index in [1.807, 2.05) is 109 Å². The van der Waals surface area contributed by atoms with Crippen molar-refractivity contribution in [1.82, 2.24) is 9.13 Å². The molecule has 0 saturated carbocycles. The number of nitrogens with zero attached hydrogens (tertiary/aromatic N) is 2. The number of halogens is 2. The summed E-state index contributed by atoms with van der Waals surface area (Å²) < 4.78 is 4.29. The molecule has 6 rings (SSSR count). The van der Waals surface area contributed by atoms with Crippen LogP contribution in [0.25, 0.3) is 45.0 Å². The average Bonchev–Trinajstić information content (AvgIpc) is 3.60. The molecule has 6 aromatic rings. The number of hydrogen-bond acceptors (Lipinski definition) is 4. The molecule has 0 fully saturated rings. The summed E-state index contributed by atoms with van der Waals surface area (Å²) >= 11 is 12.5. The van der Waals surface area contributed by atoms with E-state index < -0.39 is 0 Å². The van der Waals surface area contributed by atoms with Crippen molar-refractivity contribution in [3.05, 3.63) is 141 Å². The highest BCUT2D eigenvalue weighted by atomic mass is 35.5. The maximum atomic E-state index is 10.7. The van der Waals surface area contributed by atoms with Gasteiger partial charge in [0.05, 0.1) is 49.2 Å². The van der Waals surface area contributed by atoms with Crippen LogP contribution in [0.3, 0.4) is 0 Å². The minimum atomic E-state index is -0.265. The Morgan fingerprint density at radius 1 is 0.370 bits per heavy atom. The molecule has 234 valence electrons. The first-order chi connectivity index (χ1) is 22.5. The van der Waals surface area contributed by atoms with E-state index in [1.165, 1.54) is 0 Å². The van der Waals surface area contributed by atoms with Gasteiger partial charge >= 0.3 is 0 Å². The maximum absolute atomic E-state index is 10.7. The van der Waals surface area contributed by atoms with Gasteiger partial charge in [0.2, 0.25) is 0 Å². The Balaban J connectivity index is 1.61. The van der Waals surface area contributed by atoms with Crippen molar-refractivity contribution in [3.8, 4) is 45.0 Å². The molecule has 2 aromatic heterocycles. The minimum absolute atomic E-state index is 0.258. The van der Waals surface area contributed by atoms with E-state index in [1.54, 1.807) is 0 Å². The van der Waals surface area contributed by atoms with Gasteiger partial charge in [-0.05, 0) is 46.5 Å². The molecule has 0 saturated heterocycles. The lowest BCUT2D eigenvalue weighted by molar-refractivity contribution is 0.262. The van der Waals surface area contributed by atoms with Crippen molar-refractivity contribution in [2.45, 2.75) is 39.5 Å². The fraction of sp³-hybridized carbons (Fsp3) is 0.158. The van der Waals surface area contributed by atoms with Gasteiger partial charge in [-0.25, -0.2) is 0 Å². The van der Waals surface area contributed by atoms with E-state index in [0.29, 0.717) is 45.4 Å². The highest BCUT2D eigenvalue weighted by Crippen LogP contribution is 2.41. The molecule has 0 aliphatic carbocycles. The molecule has 2 heterocycles. The van der Waals surface area contributed by atoms with Crippen LogP contribution < -0.4 is 0 Å². The first-order valence-corrected chi connectivity index (χ1v) is 15.8. The topological polar surface area (TPSA) is 90.8 Å². The van der Waals surface area contributed by atoms with Crippen molar-refractivity contribution in [2.75, 3.05) is 0 Å². The van der Waals surface area contributed by atoms with Gasteiger partial charge in [0.1, 0.15) is 0 Å². The summed E-state index contributed by atoms with van der Waals surface area (Å²) in [5.74, 6) is 0. The number of aliphatic hydroxyl groups is 4. The van der Waals surface area contributed by atoms with Gasteiger partial charge in [0.25, 0.3) is 0 Å². The molecule has 0 radical (unpaired) electrons. The lowest BCUT2D eigenvalue weighted by atomic mass is 10.0. The van der Waals surface area contributed by atoms with Crippen LogP contribution in [0.2, 0.25) is 10.0 Å². The van der Waals surface area contributed by atoms with E-state index in [9.17, 15) is 20.4 Å². The summed E-state index contributed by atoms with van der Waals surface area (Å²) in [4.78, 5) is 0. The van der Waals surface area contributed by atoms with Crippen LogP contribution in [-0.2, 0) is 39.5 Å². The zero-order valence-electron chi connectivity index (χ0n) is 25.1. The van der Waals surface area contributed by atoms with Crippen LogP contribution in [0.4, 0.5) is 0 Å². The Bertz CT molecular complexity index is 1790. The second-order valence-corrected chi connectivity index (χ2v) is 11.9. The average molecular weight is 654 g/mol. The Morgan fingerprint density at radius 2 is 0.630 bits per heavy atom. The quantitative estimate of drug-likeness (QED) is 0.114. The minimum Gasteiger partial charge on any atom is -0.392 e. The predicted octanol–water partition coefficient (Wildman–Crippen LogP) is 7.93. The second kappa shape index (κ2) is 14.1. The van der Waals surface area contributed by atoms with E-state index >= 15 is 0 Å². The highest BCUT2D eigenvalue weighted by molar-refractivity contribution is 6.30. The molecule has 0 bridgehead atoms. The number of benzene rings is 4. The molecule has 0 unspecified atom stereocenters. The van der Waals surface area contributed by atoms with Gasteiger partial charge in [-0.3, -0.25) is 0 Å². The molecular weight excluding hydrogens is 619 g/mol. The van der Waals surface area contributed by atoms with E-state index in [2.05, 4.69) is 9.13 Å². The summed E-state index contributed by atoms with van der Waals surface area (Å²) in [5, 5.41) is 44.0. The summed E-state index contributed by atoms with van der Waals surface area (Å²) in [6.45, 7) is -0.185. The molecular formula is C38H34Cl2N2O4. The third-order valence-electron chi connectivity index (χ3n) is 8.46. The lowest BCUT2D eigenvalue weighted by Gasteiger charge is -2.20. The van der Waals surface area contributed by atoms with E-state index in [0.717, 1.165) is 45.0 Å². The van der Waals surface area contributed by atoms with Crippen LogP contribution in [0.15, 0.2) is 109 Å². The molecule has 46 heavy (non-hydrogen) atoms. The molecule has 0 amide bonds. The van der Waals surface area contributed by atoms with Gasteiger partial charge < -0.3 is 29.6 Å². The first-order valence-electron chi connectivity index (χ1n) is 15.0. The highest BCUT2D eigenvalue weighted by Gasteiger charge is 2.27. The summed E-state index contributed by atoms with van der Waals surface area (Å²) in [6.07, 6.45) is 0. The van der Waals surface area contributed by atoms with Crippen LogP contribution in [0, 0.1) is 0 Å². The smallest absolute Gasteiger partial charge is 0.0706 e. The molecule has 0 aliphatic rings. The molecule has 8 heteroatoms. The standard InChI is InChI=1S/C38H34Cl2N2O4/c39-29-15-11-27(12-16-29)37-33(23-45)31(21-43)35(25-7-3-1-4-8-25)41(37)19-20-42-36(26-9-5-2-6-10-26)32(22-44)34(24-46)38(42)28-13-17-30(40)18-14-28/h1-18,43-46H,19-24H2. The largest absolute Gasteiger partial charge is 0.392 e. The van der Waals surface area contributed by atoms with Gasteiger partial charge in [0, 0.05) is 45.4 Å². The Hall–Kier alpha value is -4.14. The zero-order valence-corrected chi connectivity index (χ0v) is 26.6. The molecule has 6 nitrogen and oxygen atoms in total. The number of aliphatic hydroxyl groups excluding tert-OH is 4. The van der Waals surface area contributed by atoms with Gasteiger partial charge in [-0.1, -0.05) is 108 Å². The normalized spacial score (nSPS) is 11.3. The lowest BCUT2D eigenvalue weighted by Crippen LogP contribution is -2.12.